The molecule has 2 N–H and O–H groups in total. The highest BCUT2D eigenvalue weighted by molar-refractivity contribution is 7.93. The van der Waals surface area contributed by atoms with Gasteiger partial charge in [-0.2, -0.15) is 0 Å². The van der Waals surface area contributed by atoms with Gasteiger partial charge in [0.25, 0.3) is 0 Å². The summed E-state index contributed by atoms with van der Waals surface area (Å²) in [5.74, 6) is 0.945. The van der Waals surface area contributed by atoms with Crippen LogP contribution in [0.5, 0.6) is 11.5 Å². The minimum absolute atomic E-state index is 0.144. The summed E-state index contributed by atoms with van der Waals surface area (Å²) in [4.78, 5) is 20.0. The van der Waals surface area contributed by atoms with E-state index in [1.807, 2.05) is 0 Å². The smallest absolute Gasteiger partial charge is 0.243 e. The average Bonchev–Trinajstić information content (AvgIpc) is 3.60. The summed E-state index contributed by atoms with van der Waals surface area (Å²) < 4.78 is 48.1. The molecule has 5 rings (SSSR count). The average molecular weight is 586 g/mol. The van der Waals surface area contributed by atoms with Gasteiger partial charge in [0.15, 0.2) is 11.6 Å². The summed E-state index contributed by atoms with van der Waals surface area (Å²) in [6, 6.07) is 6.91. The van der Waals surface area contributed by atoms with Crippen LogP contribution in [0.25, 0.3) is 28.2 Å². The minimum atomic E-state index is -4.19. The first-order valence-corrected chi connectivity index (χ1v) is 13.7. The molecule has 0 radical (unpaired) electrons. The number of hydrogen-bond acceptors (Lipinski definition) is 11. The molecule has 14 nitrogen and oxygen atoms in total. The third kappa shape index (κ3) is 4.89. The summed E-state index contributed by atoms with van der Waals surface area (Å²) >= 11 is 5.90. The fourth-order valence-electron chi connectivity index (χ4n) is 4.17. The maximum Gasteiger partial charge on any atom is 0.243 e. The van der Waals surface area contributed by atoms with E-state index in [1.165, 1.54) is 51.5 Å². The van der Waals surface area contributed by atoms with E-state index in [-0.39, 0.29) is 17.6 Å². The molecular formula is C24H24ClN9O5S. The summed E-state index contributed by atoms with van der Waals surface area (Å²) in [6.45, 7) is 1.46. The normalized spacial score (nSPS) is 13.2. The second-order valence-corrected chi connectivity index (χ2v) is 10.9. The SMILES string of the molecule is COc1cccc(OC)c1-n1c(NS(=O)(=O)C(C)C(OC)c2ncc(Cl)cn2)nnc1-c1ncnc2cc[nH]c12. The largest absolute Gasteiger partial charge is 0.494 e. The number of sulfonamides is 1. The molecule has 0 aliphatic carbocycles. The molecule has 5 aromatic rings. The fourth-order valence-corrected chi connectivity index (χ4v) is 5.40. The van der Waals surface area contributed by atoms with Gasteiger partial charge in [-0.1, -0.05) is 17.7 Å². The van der Waals surface area contributed by atoms with Crippen LogP contribution in [-0.2, 0) is 14.8 Å². The van der Waals surface area contributed by atoms with E-state index < -0.39 is 21.4 Å². The van der Waals surface area contributed by atoms with Gasteiger partial charge in [0, 0.05) is 25.7 Å². The lowest BCUT2D eigenvalue weighted by atomic mass is 10.2. The molecule has 0 aliphatic heterocycles. The van der Waals surface area contributed by atoms with Crippen molar-refractivity contribution in [3.05, 3.63) is 60.0 Å². The van der Waals surface area contributed by atoms with Crippen LogP contribution < -0.4 is 14.2 Å². The Morgan fingerprint density at radius 1 is 1.00 bits per heavy atom. The maximum atomic E-state index is 13.7. The molecule has 4 aromatic heterocycles. The van der Waals surface area contributed by atoms with Crippen LogP contribution in [0.15, 0.2) is 49.2 Å². The molecule has 0 saturated heterocycles. The summed E-state index contributed by atoms with van der Waals surface area (Å²) in [5.41, 5.74) is 1.93. The number of nitrogens with one attached hydrogen (secondary N) is 2. The molecule has 0 bridgehead atoms. The number of nitrogens with zero attached hydrogens (tertiary/aromatic N) is 7. The van der Waals surface area contributed by atoms with Crippen molar-refractivity contribution in [1.29, 1.82) is 0 Å². The molecule has 0 aliphatic rings. The van der Waals surface area contributed by atoms with E-state index in [0.29, 0.717) is 38.9 Å². The van der Waals surface area contributed by atoms with Gasteiger partial charge in [0.2, 0.25) is 16.0 Å². The van der Waals surface area contributed by atoms with E-state index in [9.17, 15) is 8.42 Å². The molecule has 16 heteroatoms. The molecule has 0 spiro atoms. The van der Waals surface area contributed by atoms with E-state index >= 15 is 0 Å². The van der Waals surface area contributed by atoms with Gasteiger partial charge in [0.1, 0.15) is 40.6 Å². The predicted octanol–water partition coefficient (Wildman–Crippen LogP) is 3.18. The summed E-state index contributed by atoms with van der Waals surface area (Å²) in [5, 5.41) is 7.65. The number of methoxy groups -OCH3 is 3. The second kappa shape index (κ2) is 11.0. The van der Waals surface area contributed by atoms with E-state index in [2.05, 4.69) is 39.8 Å². The minimum Gasteiger partial charge on any atom is -0.494 e. The van der Waals surface area contributed by atoms with Crippen molar-refractivity contribution in [2.45, 2.75) is 18.3 Å². The Balaban J connectivity index is 1.66. The monoisotopic (exact) mass is 585 g/mol. The highest BCUT2D eigenvalue weighted by atomic mass is 35.5. The van der Waals surface area contributed by atoms with Gasteiger partial charge < -0.3 is 19.2 Å². The number of halogens is 1. The zero-order chi connectivity index (χ0) is 28.4. The standard InChI is InChI=1S/C24H24ClN9O5S/c1-13(21(39-4)22-27-10-14(25)11-28-22)40(35,36)33-24-32-31-23(19-18-15(8-9-26-18)29-12-30-19)34(24)20-16(37-2)6-5-7-17(20)38-3/h5-13,21,26H,1-4H3,(H,32,33). The lowest BCUT2D eigenvalue weighted by Gasteiger charge is -2.22. The molecule has 2 unspecified atom stereocenters. The van der Waals surface area contributed by atoms with Crippen LogP contribution >= 0.6 is 11.6 Å². The number of ether oxygens (including phenoxy) is 3. The number of hydrogen-bond donors (Lipinski definition) is 2. The third-order valence-electron chi connectivity index (χ3n) is 6.14. The van der Waals surface area contributed by atoms with Crippen LogP contribution in [0.1, 0.15) is 18.9 Å². The molecule has 40 heavy (non-hydrogen) atoms. The Morgan fingerprint density at radius 3 is 2.35 bits per heavy atom. The number of aromatic nitrogens is 8. The van der Waals surface area contributed by atoms with Gasteiger partial charge in [-0.15, -0.1) is 10.2 Å². The van der Waals surface area contributed by atoms with Gasteiger partial charge in [-0.3, -0.25) is 9.29 Å². The number of aromatic amines is 1. The zero-order valence-electron chi connectivity index (χ0n) is 21.7. The molecule has 4 heterocycles. The molecular weight excluding hydrogens is 562 g/mol. The van der Waals surface area contributed by atoms with Crippen molar-refractivity contribution in [2.24, 2.45) is 0 Å². The van der Waals surface area contributed by atoms with Crippen molar-refractivity contribution in [3.63, 3.8) is 0 Å². The Hall–Kier alpha value is -4.34. The maximum absolute atomic E-state index is 13.7. The zero-order valence-corrected chi connectivity index (χ0v) is 23.3. The van der Waals surface area contributed by atoms with Crippen molar-refractivity contribution in [1.82, 2.24) is 39.7 Å². The van der Waals surface area contributed by atoms with Crippen LogP contribution in [0, 0.1) is 0 Å². The Kier molecular flexibility index (Phi) is 7.51. The summed E-state index contributed by atoms with van der Waals surface area (Å²) in [7, 11) is 0.147. The van der Waals surface area contributed by atoms with Crippen molar-refractivity contribution >= 4 is 38.6 Å². The van der Waals surface area contributed by atoms with Gasteiger partial charge in [0.05, 0.1) is 30.3 Å². The number of para-hydroxylation sites is 1. The van der Waals surface area contributed by atoms with Gasteiger partial charge in [-0.25, -0.2) is 28.4 Å². The summed E-state index contributed by atoms with van der Waals surface area (Å²) in [6.07, 6.45) is 4.80. The molecule has 208 valence electrons. The highest BCUT2D eigenvalue weighted by Gasteiger charge is 2.35. The van der Waals surface area contributed by atoms with Crippen molar-refractivity contribution in [3.8, 4) is 28.7 Å². The molecule has 0 fully saturated rings. The quantitative estimate of drug-likeness (QED) is 0.246. The topological polar surface area (TPSA) is 172 Å². The number of fused-ring (bicyclic) bond motifs is 1. The molecule has 1 aromatic carbocycles. The first-order valence-electron chi connectivity index (χ1n) is 11.8. The van der Waals surface area contributed by atoms with E-state index in [1.54, 1.807) is 30.5 Å². The second-order valence-electron chi connectivity index (χ2n) is 8.42. The number of H-pyrrole nitrogens is 1. The number of benzene rings is 1. The van der Waals surface area contributed by atoms with Gasteiger partial charge in [-0.05, 0) is 25.1 Å². The third-order valence-corrected chi connectivity index (χ3v) is 8.03. The number of anilines is 1. The Bertz CT molecular complexity index is 1740. The molecule has 0 amide bonds. The first kappa shape index (κ1) is 27.2. The molecule has 2 atom stereocenters. The Labute approximate surface area is 233 Å². The highest BCUT2D eigenvalue weighted by Crippen LogP contribution is 2.38. The van der Waals surface area contributed by atoms with Crippen LogP contribution in [0.4, 0.5) is 5.95 Å². The van der Waals surface area contributed by atoms with Crippen molar-refractivity contribution < 1.29 is 22.6 Å². The van der Waals surface area contributed by atoms with Crippen molar-refractivity contribution in [2.75, 3.05) is 26.1 Å². The van der Waals surface area contributed by atoms with Crippen LogP contribution in [-0.4, -0.2) is 74.7 Å². The van der Waals surface area contributed by atoms with Crippen LogP contribution in [0.2, 0.25) is 5.02 Å². The van der Waals surface area contributed by atoms with Gasteiger partial charge >= 0.3 is 0 Å². The lowest BCUT2D eigenvalue weighted by molar-refractivity contribution is 0.0950. The van der Waals surface area contributed by atoms with E-state index in [0.717, 1.165) is 0 Å². The number of rotatable bonds is 10. The fraction of sp³-hybridized carbons (Fsp3) is 0.250. The van der Waals surface area contributed by atoms with Crippen LogP contribution in [0.3, 0.4) is 0 Å². The lowest BCUT2D eigenvalue weighted by Crippen LogP contribution is -2.33. The Morgan fingerprint density at radius 2 is 1.70 bits per heavy atom. The predicted molar refractivity (Wildman–Crippen MR) is 146 cm³/mol. The first-order chi connectivity index (χ1) is 19.3. The molecule has 0 saturated carbocycles. The van der Waals surface area contributed by atoms with E-state index in [4.69, 9.17) is 25.8 Å².